The molecule has 1 unspecified atom stereocenters. The zero-order valence-electron chi connectivity index (χ0n) is 15.3. The van der Waals surface area contributed by atoms with Crippen molar-refractivity contribution in [3.63, 3.8) is 0 Å². The smallest absolute Gasteiger partial charge is 0.334 e. The number of non-ortho nitro benzene ring substituents is 1. The molecule has 1 aromatic carbocycles. The molecule has 11 heteroatoms. The highest BCUT2D eigenvalue weighted by Crippen LogP contribution is 2.39. The summed E-state index contributed by atoms with van der Waals surface area (Å²) in [5.41, 5.74) is 0.228. The summed E-state index contributed by atoms with van der Waals surface area (Å²) in [5.74, 6) is -4.16. The molecule has 1 aliphatic rings. The molecule has 0 bridgehead atoms. The van der Waals surface area contributed by atoms with E-state index in [4.69, 9.17) is 0 Å². The molecule has 150 valence electrons. The van der Waals surface area contributed by atoms with E-state index in [1.54, 1.807) is 0 Å². The Morgan fingerprint density at radius 3 is 2.39 bits per heavy atom. The topological polar surface area (TPSA) is 156 Å². The molecule has 0 radical (unpaired) electrons. The molecule has 2 rings (SSSR count). The fourth-order valence-electron chi connectivity index (χ4n) is 3.12. The Hall–Kier alpha value is -3.05. The fraction of sp³-hybridized carbons (Fsp3) is 0.294. The molecule has 0 amide bonds. The maximum absolute atomic E-state index is 12.8. The second kappa shape index (κ2) is 7.90. The highest BCUT2D eigenvalue weighted by Gasteiger charge is 2.37. The van der Waals surface area contributed by atoms with Gasteiger partial charge in [-0.15, -0.1) is 0 Å². The molecule has 0 saturated heterocycles. The van der Waals surface area contributed by atoms with Gasteiger partial charge in [0, 0.05) is 35.0 Å². The van der Waals surface area contributed by atoms with E-state index in [1.165, 1.54) is 38.1 Å². The van der Waals surface area contributed by atoms with Gasteiger partial charge in [0.05, 0.1) is 10.5 Å². The van der Waals surface area contributed by atoms with Crippen LogP contribution in [0.4, 0.5) is 5.69 Å². The normalized spacial score (nSPS) is 17.3. The predicted octanol–water partition coefficient (Wildman–Crippen LogP) is 1.03. The number of carbonyl (C=O) groups excluding carboxylic acids is 1. The number of allylic oxidation sites excluding steroid dienone is 3. The highest BCUT2D eigenvalue weighted by molar-refractivity contribution is 7.90. The van der Waals surface area contributed by atoms with Crippen molar-refractivity contribution in [1.82, 2.24) is 10.0 Å². The van der Waals surface area contributed by atoms with E-state index in [2.05, 4.69) is 5.32 Å². The molecule has 0 aliphatic carbocycles. The number of nitrogens with zero attached hydrogens (tertiary/aromatic N) is 1. The number of dihydropyridines is 1. The number of aliphatic carboxylic acids is 1. The third-order valence-corrected chi connectivity index (χ3v) is 5.60. The van der Waals surface area contributed by atoms with Crippen molar-refractivity contribution in [2.45, 2.75) is 19.8 Å². The number of nitro benzene ring substituents is 1. The Balaban J connectivity index is 2.69. The number of sulfonamides is 1. The van der Waals surface area contributed by atoms with Crippen molar-refractivity contribution >= 4 is 27.5 Å². The number of nitrogens with one attached hydrogen (secondary N) is 2. The average molecular weight is 409 g/mol. The number of nitro groups is 1. The van der Waals surface area contributed by atoms with Gasteiger partial charge in [0.2, 0.25) is 10.0 Å². The summed E-state index contributed by atoms with van der Waals surface area (Å²) < 4.78 is 25.7. The third kappa shape index (κ3) is 4.26. The molecule has 1 atom stereocenters. The van der Waals surface area contributed by atoms with E-state index in [-0.39, 0.29) is 33.8 Å². The van der Waals surface area contributed by atoms with Crippen molar-refractivity contribution in [3.8, 4) is 0 Å². The summed E-state index contributed by atoms with van der Waals surface area (Å²) in [5, 5.41) is 23.6. The van der Waals surface area contributed by atoms with Crippen LogP contribution in [0.25, 0.3) is 0 Å². The summed E-state index contributed by atoms with van der Waals surface area (Å²) in [6, 6.07) is 5.27. The SMILES string of the molecule is CNS(=O)(=O)CC(=O)C1=C(C)NC(C)=C(C(=O)O)C1c1cccc([N+](=O)[O-])c1. The second-order valence-electron chi connectivity index (χ2n) is 6.18. The zero-order chi connectivity index (χ0) is 21.2. The Kier molecular flexibility index (Phi) is 6.00. The number of Topliss-reactive ketones (excluding diaryl/α,β-unsaturated/α-hetero) is 1. The van der Waals surface area contributed by atoms with E-state index < -0.39 is 38.4 Å². The molecule has 1 aliphatic heterocycles. The van der Waals surface area contributed by atoms with Gasteiger partial charge < -0.3 is 10.4 Å². The lowest BCUT2D eigenvalue weighted by Gasteiger charge is -2.30. The minimum atomic E-state index is -3.90. The average Bonchev–Trinajstić information content (AvgIpc) is 2.60. The van der Waals surface area contributed by atoms with Crippen LogP contribution in [0.2, 0.25) is 0 Å². The van der Waals surface area contributed by atoms with Crippen LogP contribution >= 0.6 is 0 Å². The quantitative estimate of drug-likeness (QED) is 0.445. The summed E-state index contributed by atoms with van der Waals surface area (Å²) in [7, 11) is -2.74. The number of hydrogen-bond donors (Lipinski definition) is 3. The van der Waals surface area contributed by atoms with Gasteiger partial charge in [-0.1, -0.05) is 12.1 Å². The predicted molar refractivity (Wildman–Crippen MR) is 99.9 cm³/mol. The lowest BCUT2D eigenvalue weighted by Crippen LogP contribution is -2.35. The third-order valence-electron chi connectivity index (χ3n) is 4.34. The molecular weight excluding hydrogens is 390 g/mol. The minimum Gasteiger partial charge on any atom is -0.478 e. The molecule has 10 nitrogen and oxygen atoms in total. The van der Waals surface area contributed by atoms with Crippen molar-refractivity contribution in [3.05, 3.63) is 62.5 Å². The number of benzene rings is 1. The first-order valence-corrected chi connectivity index (χ1v) is 9.74. The summed E-state index contributed by atoms with van der Waals surface area (Å²) in [6.45, 7) is 3.02. The number of hydrogen-bond acceptors (Lipinski definition) is 7. The minimum absolute atomic E-state index is 0.0673. The molecule has 1 aromatic rings. The molecule has 0 saturated carbocycles. The van der Waals surface area contributed by atoms with Crippen LogP contribution in [0, 0.1) is 10.1 Å². The van der Waals surface area contributed by atoms with E-state index in [1.807, 2.05) is 4.72 Å². The second-order valence-corrected chi connectivity index (χ2v) is 8.11. The van der Waals surface area contributed by atoms with Crippen LogP contribution in [0.15, 0.2) is 46.8 Å². The number of ketones is 1. The maximum atomic E-state index is 12.8. The summed E-state index contributed by atoms with van der Waals surface area (Å²) >= 11 is 0. The van der Waals surface area contributed by atoms with Gasteiger partial charge in [0.25, 0.3) is 5.69 Å². The van der Waals surface area contributed by atoms with Crippen molar-refractivity contribution in [1.29, 1.82) is 0 Å². The molecule has 28 heavy (non-hydrogen) atoms. The van der Waals surface area contributed by atoms with E-state index in [0.29, 0.717) is 0 Å². The zero-order valence-corrected chi connectivity index (χ0v) is 16.2. The number of carbonyl (C=O) groups is 2. The van der Waals surface area contributed by atoms with Crippen molar-refractivity contribution in [2.75, 3.05) is 12.8 Å². The molecule has 0 fully saturated rings. The Morgan fingerprint density at radius 1 is 1.25 bits per heavy atom. The molecule has 3 N–H and O–H groups in total. The number of carboxylic acids is 1. The lowest BCUT2D eigenvalue weighted by atomic mass is 9.79. The summed E-state index contributed by atoms with van der Waals surface area (Å²) in [4.78, 5) is 35.2. The van der Waals surface area contributed by atoms with Gasteiger partial charge in [-0.05, 0) is 26.5 Å². The molecule has 0 aromatic heterocycles. The van der Waals surface area contributed by atoms with E-state index in [9.17, 15) is 33.2 Å². The van der Waals surface area contributed by atoms with Gasteiger partial charge in [-0.25, -0.2) is 17.9 Å². The van der Waals surface area contributed by atoms with Gasteiger partial charge >= 0.3 is 5.97 Å². The van der Waals surface area contributed by atoms with Crippen LogP contribution in [0.5, 0.6) is 0 Å². The first kappa shape index (κ1) is 21.3. The number of carboxylic acid groups (broad SMARTS) is 1. The molecule has 0 spiro atoms. The highest BCUT2D eigenvalue weighted by atomic mass is 32.2. The maximum Gasteiger partial charge on any atom is 0.334 e. The Labute approximate surface area is 161 Å². The van der Waals surface area contributed by atoms with E-state index in [0.717, 1.165) is 7.05 Å². The largest absolute Gasteiger partial charge is 0.478 e. The van der Waals surface area contributed by atoms with Crippen LogP contribution < -0.4 is 10.0 Å². The van der Waals surface area contributed by atoms with Crippen LogP contribution in [0.1, 0.15) is 25.3 Å². The van der Waals surface area contributed by atoms with Gasteiger partial charge in [-0.3, -0.25) is 14.9 Å². The van der Waals surface area contributed by atoms with Crippen molar-refractivity contribution < 1.29 is 28.0 Å². The Bertz CT molecular complexity index is 1020. The van der Waals surface area contributed by atoms with E-state index >= 15 is 0 Å². The number of rotatable bonds is 7. The Morgan fingerprint density at radius 2 is 1.86 bits per heavy atom. The monoisotopic (exact) mass is 409 g/mol. The first-order valence-electron chi connectivity index (χ1n) is 8.09. The van der Waals surface area contributed by atoms with Gasteiger partial charge in [-0.2, -0.15) is 0 Å². The molecule has 1 heterocycles. The van der Waals surface area contributed by atoms with Crippen LogP contribution in [-0.4, -0.2) is 43.0 Å². The first-order chi connectivity index (χ1) is 13.0. The van der Waals surface area contributed by atoms with Crippen LogP contribution in [0.3, 0.4) is 0 Å². The van der Waals surface area contributed by atoms with Crippen LogP contribution in [-0.2, 0) is 19.6 Å². The fourth-order valence-corrected chi connectivity index (χ4v) is 3.77. The van der Waals surface area contributed by atoms with Crippen molar-refractivity contribution in [2.24, 2.45) is 0 Å². The molecular formula is C17H19N3O7S. The van der Waals surface area contributed by atoms with Gasteiger partial charge in [0.15, 0.2) is 5.78 Å². The summed E-state index contributed by atoms with van der Waals surface area (Å²) in [6.07, 6.45) is 0. The standard InChI is InChI=1S/C17H19N3O7S/c1-9-14(13(21)8-28(26,27)18-3)16(15(17(22)23)10(2)19-9)11-5-4-6-12(7-11)20(24)25/h4-7,16,18-19H,8H2,1-3H3,(H,22,23). The van der Waals surface area contributed by atoms with Gasteiger partial charge in [0.1, 0.15) is 5.75 Å². The lowest BCUT2D eigenvalue weighted by molar-refractivity contribution is -0.384.